The lowest BCUT2D eigenvalue weighted by Gasteiger charge is -2.17. The van der Waals surface area contributed by atoms with Gasteiger partial charge in [-0.2, -0.15) is 4.31 Å². The number of ether oxygens (including phenoxy) is 1. The van der Waals surface area contributed by atoms with Gasteiger partial charge in [-0.15, -0.1) is 0 Å². The molecule has 3 aromatic rings. The summed E-state index contributed by atoms with van der Waals surface area (Å²) in [6.07, 6.45) is 0. The topological polar surface area (TPSA) is 73.5 Å². The lowest BCUT2D eigenvalue weighted by molar-refractivity contribution is 0.286. The van der Waals surface area contributed by atoms with Gasteiger partial charge in [-0.1, -0.05) is 0 Å². The molecule has 7 nitrogen and oxygen atoms in total. The first-order valence-corrected chi connectivity index (χ1v) is 9.66. The van der Waals surface area contributed by atoms with Crippen LogP contribution in [0.2, 0.25) is 0 Å². The van der Waals surface area contributed by atoms with Gasteiger partial charge in [0, 0.05) is 27.7 Å². The van der Waals surface area contributed by atoms with E-state index in [-0.39, 0.29) is 29.6 Å². The third kappa shape index (κ3) is 3.60. The van der Waals surface area contributed by atoms with E-state index in [0.29, 0.717) is 16.8 Å². The molecule has 0 N–H and O–H groups in total. The van der Waals surface area contributed by atoms with E-state index < -0.39 is 10.0 Å². The third-order valence-electron chi connectivity index (χ3n) is 4.44. The lowest BCUT2D eigenvalue weighted by atomic mass is 10.3. The summed E-state index contributed by atoms with van der Waals surface area (Å²) >= 11 is 0. The molecule has 0 unspecified atom stereocenters. The molecule has 0 fully saturated rings. The van der Waals surface area contributed by atoms with Crippen molar-refractivity contribution in [1.82, 2.24) is 13.4 Å². The van der Waals surface area contributed by atoms with Gasteiger partial charge in [0.25, 0.3) is 0 Å². The van der Waals surface area contributed by atoms with E-state index in [2.05, 4.69) is 0 Å². The summed E-state index contributed by atoms with van der Waals surface area (Å²) in [5.41, 5.74) is 0.976. The van der Waals surface area contributed by atoms with Crippen molar-refractivity contribution in [3.05, 3.63) is 58.8 Å². The number of aromatic nitrogens is 2. The maximum atomic E-state index is 12.9. The van der Waals surface area contributed by atoms with Gasteiger partial charge in [0.15, 0.2) is 0 Å². The van der Waals surface area contributed by atoms with E-state index in [1.165, 1.54) is 56.9 Å². The van der Waals surface area contributed by atoms with Crippen LogP contribution in [0.25, 0.3) is 11.0 Å². The minimum atomic E-state index is -3.74. The molecule has 0 aliphatic carbocycles. The fourth-order valence-corrected chi connectivity index (χ4v) is 3.95. The molecular weight excluding hydrogens is 373 g/mol. The van der Waals surface area contributed by atoms with Crippen LogP contribution in [0, 0.1) is 5.82 Å². The maximum Gasteiger partial charge on any atom is 0.328 e. The highest BCUT2D eigenvalue weighted by atomic mass is 32.2. The Morgan fingerprint density at radius 3 is 2.33 bits per heavy atom. The van der Waals surface area contributed by atoms with Gasteiger partial charge in [-0.05, 0) is 42.5 Å². The second-order valence-electron chi connectivity index (χ2n) is 6.18. The Bertz CT molecular complexity index is 1130. The highest BCUT2D eigenvalue weighted by Crippen LogP contribution is 2.20. The molecule has 0 aliphatic heterocycles. The number of aryl methyl sites for hydroxylation is 2. The van der Waals surface area contributed by atoms with Crippen LogP contribution in [-0.4, -0.2) is 42.1 Å². The van der Waals surface area contributed by atoms with Crippen molar-refractivity contribution in [2.75, 3.05) is 20.2 Å². The summed E-state index contributed by atoms with van der Waals surface area (Å²) < 4.78 is 48.0. The Balaban J connectivity index is 1.76. The van der Waals surface area contributed by atoms with E-state index in [1.54, 1.807) is 20.2 Å². The predicted octanol–water partition coefficient (Wildman–Crippen LogP) is 1.72. The highest BCUT2D eigenvalue weighted by molar-refractivity contribution is 7.89. The van der Waals surface area contributed by atoms with Gasteiger partial charge in [-0.3, -0.25) is 9.13 Å². The Labute approximate surface area is 156 Å². The number of benzene rings is 2. The van der Waals surface area contributed by atoms with Gasteiger partial charge in [-0.25, -0.2) is 17.6 Å². The van der Waals surface area contributed by atoms with Gasteiger partial charge < -0.3 is 4.74 Å². The molecule has 2 aromatic carbocycles. The molecule has 0 saturated heterocycles. The van der Waals surface area contributed by atoms with Crippen LogP contribution in [0.4, 0.5) is 4.39 Å². The minimum Gasteiger partial charge on any atom is -0.492 e. The number of halogens is 1. The first kappa shape index (κ1) is 19.1. The number of hydrogen-bond donors (Lipinski definition) is 0. The summed E-state index contributed by atoms with van der Waals surface area (Å²) in [6, 6.07) is 10.1. The Morgan fingerprint density at radius 1 is 1.04 bits per heavy atom. The SMILES string of the molecule is CN(CCOc1ccc(F)cc1)S(=O)(=O)c1ccc2c(c1)n(C)c(=O)n2C. The number of imidazole rings is 1. The summed E-state index contributed by atoms with van der Waals surface area (Å²) in [4.78, 5) is 12.1. The molecule has 144 valence electrons. The molecule has 0 radical (unpaired) electrons. The van der Waals surface area contributed by atoms with E-state index in [9.17, 15) is 17.6 Å². The normalized spacial score (nSPS) is 12.0. The van der Waals surface area contributed by atoms with Gasteiger partial charge in [0.2, 0.25) is 10.0 Å². The van der Waals surface area contributed by atoms with Crippen LogP contribution in [0.3, 0.4) is 0 Å². The van der Waals surface area contributed by atoms with Crippen molar-refractivity contribution in [3.63, 3.8) is 0 Å². The van der Waals surface area contributed by atoms with Crippen molar-refractivity contribution in [2.45, 2.75) is 4.90 Å². The zero-order chi connectivity index (χ0) is 19.8. The molecular formula is C18H20FN3O4S. The number of fused-ring (bicyclic) bond motifs is 1. The summed E-state index contributed by atoms with van der Waals surface area (Å²) in [7, 11) is 0.948. The Kier molecular flexibility index (Phi) is 5.07. The number of nitrogens with zero attached hydrogens (tertiary/aromatic N) is 3. The van der Waals surface area contributed by atoms with E-state index in [0.717, 1.165) is 0 Å². The molecule has 0 atom stereocenters. The smallest absolute Gasteiger partial charge is 0.328 e. The van der Waals surface area contributed by atoms with Crippen molar-refractivity contribution in [3.8, 4) is 5.75 Å². The third-order valence-corrected chi connectivity index (χ3v) is 6.29. The average molecular weight is 393 g/mol. The lowest BCUT2D eigenvalue weighted by Crippen LogP contribution is -2.31. The first-order valence-electron chi connectivity index (χ1n) is 8.22. The standard InChI is InChI=1S/C18H20FN3O4S/c1-20(10-11-26-14-6-4-13(19)5-7-14)27(24,25)15-8-9-16-17(12-15)22(3)18(23)21(16)2/h4-9,12H,10-11H2,1-3H3. The minimum absolute atomic E-state index is 0.0977. The fraction of sp³-hybridized carbons (Fsp3) is 0.278. The van der Waals surface area contributed by atoms with E-state index >= 15 is 0 Å². The number of likely N-dealkylation sites (N-methyl/N-ethyl adjacent to an activating group) is 1. The van der Waals surface area contributed by atoms with Crippen molar-refractivity contribution in [2.24, 2.45) is 14.1 Å². The maximum absolute atomic E-state index is 12.9. The molecule has 1 heterocycles. The van der Waals surface area contributed by atoms with Crippen molar-refractivity contribution < 1.29 is 17.5 Å². The zero-order valence-corrected chi connectivity index (χ0v) is 16.0. The number of rotatable bonds is 6. The molecule has 0 amide bonds. The van der Waals surface area contributed by atoms with E-state index in [1.807, 2.05) is 0 Å². The second-order valence-corrected chi connectivity index (χ2v) is 8.22. The van der Waals surface area contributed by atoms with Crippen LogP contribution in [0.15, 0.2) is 52.2 Å². The Hall–Kier alpha value is -2.65. The molecule has 0 aliphatic rings. The monoisotopic (exact) mass is 393 g/mol. The second kappa shape index (κ2) is 7.16. The quantitative estimate of drug-likeness (QED) is 0.639. The molecule has 1 aromatic heterocycles. The Morgan fingerprint density at radius 2 is 1.67 bits per heavy atom. The number of sulfonamides is 1. The van der Waals surface area contributed by atoms with Crippen LogP contribution >= 0.6 is 0 Å². The average Bonchev–Trinajstić information content (AvgIpc) is 2.87. The van der Waals surface area contributed by atoms with Gasteiger partial charge >= 0.3 is 5.69 Å². The highest BCUT2D eigenvalue weighted by Gasteiger charge is 2.22. The molecule has 0 bridgehead atoms. The molecule has 9 heteroatoms. The largest absolute Gasteiger partial charge is 0.492 e. The van der Waals surface area contributed by atoms with Crippen LogP contribution in [0.1, 0.15) is 0 Å². The van der Waals surface area contributed by atoms with E-state index in [4.69, 9.17) is 4.74 Å². The summed E-state index contributed by atoms with van der Waals surface area (Å²) in [5.74, 6) is 0.0932. The van der Waals surface area contributed by atoms with Crippen LogP contribution < -0.4 is 10.4 Å². The first-order chi connectivity index (χ1) is 12.7. The summed E-state index contributed by atoms with van der Waals surface area (Å²) in [5, 5.41) is 0. The van der Waals surface area contributed by atoms with Crippen molar-refractivity contribution >= 4 is 21.1 Å². The zero-order valence-electron chi connectivity index (χ0n) is 15.2. The number of hydrogen-bond acceptors (Lipinski definition) is 4. The molecule has 3 rings (SSSR count). The van der Waals surface area contributed by atoms with Gasteiger partial charge in [0.05, 0.1) is 15.9 Å². The van der Waals surface area contributed by atoms with Crippen LogP contribution in [-0.2, 0) is 24.1 Å². The summed E-state index contributed by atoms with van der Waals surface area (Å²) in [6.45, 7) is 0.235. The predicted molar refractivity (Wildman–Crippen MR) is 99.9 cm³/mol. The molecule has 27 heavy (non-hydrogen) atoms. The molecule has 0 spiro atoms. The van der Waals surface area contributed by atoms with Crippen LogP contribution in [0.5, 0.6) is 5.75 Å². The molecule has 0 saturated carbocycles. The fourth-order valence-electron chi connectivity index (χ4n) is 2.77. The van der Waals surface area contributed by atoms with Gasteiger partial charge in [0.1, 0.15) is 18.2 Å². The van der Waals surface area contributed by atoms with Crippen molar-refractivity contribution in [1.29, 1.82) is 0 Å².